The van der Waals surface area contributed by atoms with Crippen LogP contribution in [0.5, 0.6) is 5.75 Å². The van der Waals surface area contributed by atoms with Crippen LogP contribution in [0.3, 0.4) is 0 Å². The van der Waals surface area contributed by atoms with Crippen molar-refractivity contribution in [1.29, 1.82) is 0 Å². The van der Waals surface area contributed by atoms with Gasteiger partial charge in [0, 0.05) is 0 Å². The number of carbonyl (C=O) groups is 3. The lowest BCUT2D eigenvalue weighted by Crippen LogP contribution is -2.43. The van der Waals surface area contributed by atoms with Gasteiger partial charge in [-0.05, 0) is 24.5 Å². The number of esters is 2. The molecule has 0 aliphatic heterocycles. The Kier molecular flexibility index (Phi) is 7.90. The van der Waals surface area contributed by atoms with Gasteiger partial charge in [-0.25, -0.2) is 4.79 Å². The molecule has 136 valence electrons. The van der Waals surface area contributed by atoms with Gasteiger partial charge in [0.15, 0.2) is 0 Å². The molecule has 0 radical (unpaired) electrons. The molecule has 1 aromatic rings. The van der Waals surface area contributed by atoms with Gasteiger partial charge in [0.25, 0.3) is 5.91 Å². The van der Waals surface area contributed by atoms with E-state index in [1.54, 1.807) is 6.92 Å². The lowest BCUT2D eigenvalue weighted by Gasteiger charge is -2.17. The third-order valence-electron chi connectivity index (χ3n) is 3.24. The van der Waals surface area contributed by atoms with Gasteiger partial charge in [-0.1, -0.05) is 6.07 Å². The van der Waals surface area contributed by atoms with Crippen molar-refractivity contribution in [3.63, 3.8) is 0 Å². The van der Waals surface area contributed by atoms with Crippen molar-refractivity contribution in [2.24, 2.45) is 0 Å². The summed E-state index contributed by atoms with van der Waals surface area (Å²) in [6, 6.07) is 2.72. The number of carbonyl (C=O) groups excluding carboxylic acids is 3. The molecular weight excluding hydrogens is 333 g/mol. The summed E-state index contributed by atoms with van der Waals surface area (Å²) in [6.07, 6.45) is -0.397. The van der Waals surface area contributed by atoms with Crippen LogP contribution in [0.25, 0.3) is 0 Å². The van der Waals surface area contributed by atoms with Crippen LogP contribution < -0.4 is 15.5 Å². The van der Waals surface area contributed by atoms with Crippen molar-refractivity contribution in [2.45, 2.75) is 19.4 Å². The number of ether oxygens (including phenoxy) is 3. The topological polar surface area (TPSA) is 131 Å². The minimum Gasteiger partial charge on any atom is -0.493 e. The molecule has 0 saturated heterocycles. The van der Waals surface area contributed by atoms with E-state index in [1.165, 1.54) is 18.2 Å². The first-order chi connectivity index (χ1) is 11.8. The Balaban J connectivity index is 3.06. The summed E-state index contributed by atoms with van der Waals surface area (Å²) in [7, 11) is 0.561. The van der Waals surface area contributed by atoms with Crippen molar-refractivity contribution in [3.05, 3.63) is 23.8 Å². The number of nitrogens with one attached hydrogen (secondary N) is 1. The Labute approximate surface area is 145 Å². The Bertz CT molecular complexity index is 634. The molecule has 1 atom stereocenters. The second-order valence-electron chi connectivity index (χ2n) is 4.89. The van der Waals surface area contributed by atoms with Crippen LogP contribution in [0.2, 0.25) is 0 Å². The molecule has 25 heavy (non-hydrogen) atoms. The monoisotopic (exact) mass is 353 g/mol. The maximum Gasteiger partial charge on any atom is 0.488 e. The van der Waals surface area contributed by atoms with Crippen LogP contribution in [-0.2, 0) is 19.1 Å². The third kappa shape index (κ3) is 5.77. The number of benzene rings is 1. The van der Waals surface area contributed by atoms with Gasteiger partial charge in [0.1, 0.15) is 11.8 Å². The van der Waals surface area contributed by atoms with Crippen molar-refractivity contribution in [2.75, 3.05) is 20.8 Å². The van der Waals surface area contributed by atoms with Crippen LogP contribution in [-0.4, -0.2) is 61.9 Å². The predicted octanol–water partition coefficient (Wildman–Crippen LogP) is -1.40. The molecule has 0 unspecified atom stereocenters. The molecule has 1 aromatic carbocycles. The second kappa shape index (κ2) is 9.65. The van der Waals surface area contributed by atoms with Gasteiger partial charge in [-0.3, -0.25) is 9.59 Å². The molecule has 0 bridgehead atoms. The van der Waals surface area contributed by atoms with E-state index in [2.05, 4.69) is 14.8 Å². The molecule has 0 fully saturated rings. The van der Waals surface area contributed by atoms with Gasteiger partial charge in [0.2, 0.25) is 0 Å². The van der Waals surface area contributed by atoms with Gasteiger partial charge in [-0.2, -0.15) is 0 Å². The van der Waals surface area contributed by atoms with Gasteiger partial charge in [0.05, 0.1) is 32.8 Å². The number of hydrogen-bond donors (Lipinski definition) is 3. The third-order valence-corrected chi connectivity index (χ3v) is 3.24. The Hall–Kier alpha value is -2.59. The lowest BCUT2D eigenvalue weighted by molar-refractivity contribution is -0.149. The lowest BCUT2D eigenvalue weighted by atomic mass is 9.80. The van der Waals surface area contributed by atoms with Gasteiger partial charge in [-0.15, -0.1) is 0 Å². The van der Waals surface area contributed by atoms with Crippen molar-refractivity contribution in [1.82, 2.24) is 5.32 Å². The molecule has 1 rings (SSSR count). The fourth-order valence-corrected chi connectivity index (χ4v) is 1.98. The van der Waals surface area contributed by atoms with E-state index in [0.717, 1.165) is 14.2 Å². The molecule has 3 N–H and O–H groups in total. The van der Waals surface area contributed by atoms with Crippen molar-refractivity contribution in [3.8, 4) is 5.75 Å². The molecule has 0 aromatic heterocycles. The first-order valence-corrected chi connectivity index (χ1v) is 7.42. The smallest absolute Gasteiger partial charge is 0.488 e. The van der Waals surface area contributed by atoms with E-state index in [-0.39, 0.29) is 23.4 Å². The zero-order chi connectivity index (χ0) is 19.0. The first-order valence-electron chi connectivity index (χ1n) is 7.42. The van der Waals surface area contributed by atoms with E-state index >= 15 is 0 Å². The molecule has 10 heteroatoms. The summed E-state index contributed by atoms with van der Waals surface area (Å²) in [5.41, 5.74) is 0.198. The number of amides is 1. The summed E-state index contributed by atoms with van der Waals surface area (Å²) in [6.45, 7) is 1.92. The van der Waals surface area contributed by atoms with E-state index in [1.807, 2.05) is 0 Å². The summed E-state index contributed by atoms with van der Waals surface area (Å²) >= 11 is 0. The van der Waals surface area contributed by atoms with Crippen LogP contribution in [0, 0.1) is 0 Å². The summed E-state index contributed by atoms with van der Waals surface area (Å²) in [5, 5.41) is 20.8. The summed E-state index contributed by atoms with van der Waals surface area (Å²) in [5.74, 6) is -2.09. The molecule has 1 amide bonds. The fourth-order valence-electron chi connectivity index (χ4n) is 1.98. The average molecular weight is 353 g/mol. The zero-order valence-electron chi connectivity index (χ0n) is 14.1. The fraction of sp³-hybridized carbons (Fsp3) is 0.400. The molecule has 0 saturated carbocycles. The van der Waals surface area contributed by atoms with Gasteiger partial charge >= 0.3 is 19.1 Å². The van der Waals surface area contributed by atoms with Gasteiger partial charge < -0.3 is 29.6 Å². The van der Waals surface area contributed by atoms with Crippen LogP contribution in [0.1, 0.15) is 23.7 Å². The van der Waals surface area contributed by atoms with E-state index < -0.39 is 37.4 Å². The maximum absolute atomic E-state index is 12.4. The van der Waals surface area contributed by atoms with Crippen LogP contribution >= 0.6 is 0 Å². The molecule has 0 aliphatic carbocycles. The number of methoxy groups -OCH3 is 2. The highest BCUT2D eigenvalue weighted by molar-refractivity contribution is 6.58. The van der Waals surface area contributed by atoms with Crippen LogP contribution in [0.15, 0.2) is 18.2 Å². The molecule has 9 nitrogen and oxygen atoms in total. The van der Waals surface area contributed by atoms with E-state index in [4.69, 9.17) is 4.74 Å². The maximum atomic E-state index is 12.4. The predicted molar refractivity (Wildman–Crippen MR) is 87.3 cm³/mol. The quantitative estimate of drug-likeness (QED) is 0.384. The highest BCUT2D eigenvalue weighted by Gasteiger charge is 2.27. The molecular formula is C15H20BNO8. The largest absolute Gasteiger partial charge is 0.493 e. The van der Waals surface area contributed by atoms with E-state index in [0.29, 0.717) is 0 Å². The standard InChI is InChI=1S/C15H20BNO8/c1-4-25-12-7-9(16(21)22)5-6-10(12)14(19)17-11(15(20)24-3)8-13(18)23-2/h5-7,11,21-22H,4,8H2,1-3H3,(H,17,19)/t11-/m1/s1. The highest BCUT2D eigenvalue weighted by atomic mass is 16.5. The zero-order valence-corrected chi connectivity index (χ0v) is 14.1. The minimum absolute atomic E-state index is 0.0602. The first kappa shape index (κ1) is 20.5. The summed E-state index contributed by atoms with van der Waals surface area (Å²) in [4.78, 5) is 35.6. The molecule has 0 aliphatic rings. The van der Waals surface area contributed by atoms with Crippen molar-refractivity contribution >= 4 is 30.4 Å². The molecule has 0 spiro atoms. The average Bonchev–Trinajstić information content (AvgIpc) is 2.60. The highest BCUT2D eigenvalue weighted by Crippen LogP contribution is 2.17. The normalized spacial score (nSPS) is 11.2. The number of hydrogen-bond acceptors (Lipinski definition) is 8. The second-order valence-corrected chi connectivity index (χ2v) is 4.89. The van der Waals surface area contributed by atoms with Crippen LogP contribution in [0.4, 0.5) is 0 Å². The number of rotatable bonds is 8. The minimum atomic E-state index is -1.72. The summed E-state index contributed by atoms with van der Waals surface area (Å²) < 4.78 is 14.4. The van der Waals surface area contributed by atoms with E-state index in [9.17, 15) is 24.4 Å². The SMILES string of the molecule is CCOc1cc(B(O)O)ccc1C(=O)N[C@H](CC(=O)OC)C(=O)OC. The van der Waals surface area contributed by atoms with Crippen molar-refractivity contribution < 1.29 is 38.6 Å². The Morgan fingerprint density at radius 3 is 2.40 bits per heavy atom. The molecule has 0 heterocycles. The Morgan fingerprint density at radius 2 is 1.88 bits per heavy atom. The Morgan fingerprint density at radius 1 is 1.20 bits per heavy atom.